The number of hydrogen-bond acceptors (Lipinski definition) is 5. The largest absolute Gasteiger partial charge is 0.379 e. The normalized spacial score (nSPS) is 24.2. The minimum Gasteiger partial charge on any atom is -0.379 e. The summed E-state index contributed by atoms with van der Waals surface area (Å²) in [5.41, 5.74) is 9.17. The summed E-state index contributed by atoms with van der Waals surface area (Å²) in [5.74, 6) is 1.17. The van der Waals surface area contributed by atoms with Gasteiger partial charge in [-0.25, -0.2) is 4.98 Å². The number of aliphatic imine (C=N–C) groups is 1. The number of nitrogens with zero attached hydrogens (tertiary/aromatic N) is 2. The highest BCUT2D eigenvalue weighted by Crippen LogP contribution is 2.47. The van der Waals surface area contributed by atoms with Gasteiger partial charge in [-0.05, 0) is 61.1 Å². The molecule has 4 rings (SSSR count). The van der Waals surface area contributed by atoms with Crippen LogP contribution in [-0.4, -0.2) is 21.8 Å². The van der Waals surface area contributed by atoms with E-state index in [9.17, 15) is 4.79 Å². The van der Waals surface area contributed by atoms with Gasteiger partial charge in [-0.15, -0.1) is 0 Å². The second kappa shape index (κ2) is 6.59. The van der Waals surface area contributed by atoms with Crippen molar-refractivity contribution in [3.05, 3.63) is 58.4 Å². The molecular weight excluding hydrogens is 368 g/mol. The first-order valence-electron chi connectivity index (χ1n) is 8.50. The van der Waals surface area contributed by atoms with Gasteiger partial charge in [-0.1, -0.05) is 29.4 Å². The lowest BCUT2D eigenvalue weighted by molar-refractivity contribution is 0.102. The zero-order chi connectivity index (χ0) is 18.3. The van der Waals surface area contributed by atoms with Crippen LogP contribution in [0.25, 0.3) is 0 Å². The molecule has 1 aliphatic carbocycles. The number of halogens is 1. The number of amidine groups is 1. The summed E-state index contributed by atoms with van der Waals surface area (Å²) in [6.45, 7) is 2.15. The Balaban J connectivity index is 1.65. The van der Waals surface area contributed by atoms with E-state index in [0.717, 1.165) is 29.8 Å². The standard InChI is InChI=1S/C19H19ClN4OS/c1-19-12(10-26-18(21)24-19)4-2-11-3-6-14(8-15(11)19)23-17(25)16-7-5-13(20)9-22-16/h3,5-9,12H,2,4,10H2,1H3,(H2,21,24)(H,23,25). The first-order valence-corrected chi connectivity index (χ1v) is 9.86. The lowest BCUT2D eigenvalue weighted by atomic mass is 9.71. The third-order valence-electron chi connectivity index (χ3n) is 5.20. The first kappa shape index (κ1) is 17.4. The SMILES string of the molecule is CC12N=C(N)SCC1CCc1ccc(NC(=O)c3ccc(Cl)cn3)cc12. The number of nitrogens with two attached hydrogens (primary N) is 1. The lowest BCUT2D eigenvalue weighted by Crippen LogP contribution is -2.41. The van der Waals surface area contributed by atoms with E-state index in [1.165, 1.54) is 11.8 Å². The molecule has 5 nitrogen and oxygen atoms in total. The highest BCUT2D eigenvalue weighted by Gasteiger charge is 2.42. The number of aromatic nitrogens is 1. The third-order valence-corrected chi connectivity index (χ3v) is 6.38. The molecule has 1 amide bonds. The van der Waals surface area contributed by atoms with E-state index >= 15 is 0 Å². The van der Waals surface area contributed by atoms with Gasteiger partial charge in [0.05, 0.1) is 10.6 Å². The molecule has 0 fully saturated rings. The number of nitrogens with one attached hydrogen (secondary N) is 1. The summed E-state index contributed by atoms with van der Waals surface area (Å²) >= 11 is 7.46. The Morgan fingerprint density at radius 1 is 1.38 bits per heavy atom. The van der Waals surface area contributed by atoms with E-state index in [2.05, 4.69) is 23.3 Å². The lowest BCUT2D eigenvalue weighted by Gasteiger charge is -2.42. The van der Waals surface area contributed by atoms with Crippen LogP contribution in [0.15, 0.2) is 41.5 Å². The minimum absolute atomic E-state index is 0.263. The molecule has 2 heterocycles. The van der Waals surface area contributed by atoms with Gasteiger partial charge in [-0.2, -0.15) is 0 Å². The second-order valence-corrected chi connectivity index (χ2v) is 8.31. The third kappa shape index (κ3) is 3.08. The molecule has 26 heavy (non-hydrogen) atoms. The smallest absolute Gasteiger partial charge is 0.274 e. The van der Waals surface area contributed by atoms with Crippen LogP contribution in [0.4, 0.5) is 5.69 Å². The fraction of sp³-hybridized carbons (Fsp3) is 0.316. The molecule has 0 saturated carbocycles. The monoisotopic (exact) mass is 386 g/mol. The molecule has 0 saturated heterocycles. The summed E-state index contributed by atoms with van der Waals surface area (Å²) in [5, 5.41) is 4.06. The Hall–Kier alpha value is -2.05. The summed E-state index contributed by atoms with van der Waals surface area (Å²) in [6, 6.07) is 9.30. The zero-order valence-electron chi connectivity index (χ0n) is 14.3. The van der Waals surface area contributed by atoms with Crippen LogP contribution < -0.4 is 11.1 Å². The molecule has 2 unspecified atom stereocenters. The van der Waals surface area contributed by atoms with E-state index in [0.29, 0.717) is 21.8 Å². The van der Waals surface area contributed by atoms with Gasteiger partial charge in [0.2, 0.25) is 0 Å². The molecule has 2 aromatic rings. The topological polar surface area (TPSA) is 80.4 Å². The Labute approximate surface area is 161 Å². The molecule has 7 heteroatoms. The summed E-state index contributed by atoms with van der Waals surface area (Å²) in [4.78, 5) is 21.3. The Morgan fingerprint density at radius 3 is 3.00 bits per heavy atom. The van der Waals surface area contributed by atoms with E-state index in [1.54, 1.807) is 23.9 Å². The van der Waals surface area contributed by atoms with Gasteiger partial charge in [0, 0.05) is 17.6 Å². The molecular formula is C19H19ClN4OS. The molecule has 2 aliphatic rings. The number of rotatable bonds is 2. The van der Waals surface area contributed by atoms with Crippen molar-refractivity contribution in [2.24, 2.45) is 16.6 Å². The number of benzene rings is 1. The quantitative estimate of drug-likeness (QED) is 0.822. The average molecular weight is 387 g/mol. The van der Waals surface area contributed by atoms with Gasteiger partial charge in [0.25, 0.3) is 5.91 Å². The maximum atomic E-state index is 12.4. The number of thioether (sulfide) groups is 1. The number of amides is 1. The van der Waals surface area contributed by atoms with Gasteiger partial charge in [-0.3, -0.25) is 9.79 Å². The summed E-state index contributed by atoms with van der Waals surface area (Å²) in [6.07, 6.45) is 3.60. The van der Waals surface area contributed by atoms with Crippen molar-refractivity contribution in [2.75, 3.05) is 11.1 Å². The highest BCUT2D eigenvalue weighted by atomic mass is 35.5. The molecule has 0 spiro atoms. The predicted molar refractivity (Wildman–Crippen MR) is 107 cm³/mol. The van der Waals surface area contributed by atoms with Crippen molar-refractivity contribution in [1.29, 1.82) is 0 Å². The summed E-state index contributed by atoms with van der Waals surface area (Å²) < 4.78 is 0. The van der Waals surface area contributed by atoms with Crippen molar-refractivity contribution in [3.8, 4) is 0 Å². The second-order valence-electron chi connectivity index (χ2n) is 6.83. The number of aryl methyl sites for hydroxylation is 1. The van der Waals surface area contributed by atoms with Crippen LogP contribution in [0.3, 0.4) is 0 Å². The maximum Gasteiger partial charge on any atom is 0.274 e. The number of fused-ring (bicyclic) bond motifs is 3. The molecule has 134 valence electrons. The van der Waals surface area contributed by atoms with E-state index in [4.69, 9.17) is 22.3 Å². The van der Waals surface area contributed by atoms with E-state index in [-0.39, 0.29) is 11.4 Å². The van der Waals surface area contributed by atoms with Crippen molar-refractivity contribution >= 4 is 40.1 Å². The van der Waals surface area contributed by atoms with Gasteiger partial charge >= 0.3 is 0 Å². The molecule has 0 bridgehead atoms. The fourth-order valence-corrected chi connectivity index (χ4v) is 4.95. The van der Waals surface area contributed by atoms with Crippen LogP contribution >= 0.6 is 23.4 Å². The van der Waals surface area contributed by atoms with Gasteiger partial charge in [0.15, 0.2) is 5.17 Å². The number of carbonyl (C=O) groups is 1. The van der Waals surface area contributed by atoms with Crippen molar-refractivity contribution in [1.82, 2.24) is 4.98 Å². The van der Waals surface area contributed by atoms with Crippen LogP contribution in [-0.2, 0) is 12.0 Å². The fourth-order valence-electron chi connectivity index (χ4n) is 3.72. The Kier molecular flexibility index (Phi) is 4.40. The molecule has 3 N–H and O–H groups in total. The minimum atomic E-state index is -0.331. The molecule has 1 aromatic heterocycles. The van der Waals surface area contributed by atoms with E-state index < -0.39 is 0 Å². The average Bonchev–Trinajstić information content (AvgIpc) is 2.62. The zero-order valence-corrected chi connectivity index (χ0v) is 15.9. The highest BCUT2D eigenvalue weighted by molar-refractivity contribution is 8.13. The predicted octanol–water partition coefficient (Wildman–Crippen LogP) is 3.83. The van der Waals surface area contributed by atoms with Crippen molar-refractivity contribution in [3.63, 3.8) is 0 Å². The van der Waals surface area contributed by atoms with Crippen LogP contribution in [0.1, 0.15) is 35.0 Å². The van der Waals surface area contributed by atoms with Gasteiger partial charge in [0.1, 0.15) is 5.69 Å². The van der Waals surface area contributed by atoms with Crippen LogP contribution in [0.2, 0.25) is 5.02 Å². The van der Waals surface area contributed by atoms with Crippen molar-refractivity contribution in [2.45, 2.75) is 25.3 Å². The van der Waals surface area contributed by atoms with Gasteiger partial charge < -0.3 is 11.1 Å². The molecule has 0 radical (unpaired) electrons. The molecule has 1 aromatic carbocycles. The maximum absolute atomic E-state index is 12.4. The van der Waals surface area contributed by atoms with Crippen LogP contribution in [0, 0.1) is 5.92 Å². The Morgan fingerprint density at radius 2 is 2.23 bits per heavy atom. The Bertz CT molecular complexity index is 899. The molecule has 1 aliphatic heterocycles. The first-order chi connectivity index (χ1) is 12.5. The number of carbonyl (C=O) groups excluding carboxylic acids is 1. The number of hydrogen-bond donors (Lipinski definition) is 2. The van der Waals surface area contributed by atoms with E-state index in [1.807, 2.05) is 12.1 Å². The van der Waals surface area contributed by atoms with Crippen molar-refractivity contribution < 1.29 is 4.79 Å². The molecule has 2 atom stereocenters. The summed E-state index contributed by atoms with van der Waals surface area (Å²) in [7, 11) is 0. The number of anilines is 1. The van der Waals surface area contributed by atoms with Crippen LogP contribution in [0.5, 0.6) is 0 Å². The number of pyridine rings is 1.